The molecule has 0 N–H and O–H groups in total. The van der Waals surface area contributed by atoms with Crippen LogP contribution in [-0.2, 0) is 5.67 Å². The Bertz CT molecular complexity index is 950. The molecule has 0 radical (unpaired) electrons. The molecule has 1 atom stereocenters. The van der Waals surface area contributed by atoms with Crippen LogP contribution in [0.5, 0.6) is 0 Å². The minimum Gasteiger partial charge on any atom is -0.466 e. The van der Waals surface area contributed by atoms with Crippen LogP contribution >= 0.6 is 0 Å². The van der Waals surface area contributed by atoms with Crippen LogP contribution in [0.1, 0.15) is 34.2 Å². The highest BCUT2D eigenvalue weighted by Crippen LogP contribution is 2.36. The molecule has 26 heavy (non-hydrogen) atoms. The van der Waals surface area contributed by atoms with E-state index in [1.807, 2.05) is 30.3 Å². The molecule has 6 nitrogen and oxygen atoms in total. The number of nitrogens with zero attached hydrogens (tertiary/aromatic N) is 3. The number of halogens is 1. The van der Waals surface area contributed by atoms with E-state index >= 15 is 4.39 Å². The summed E-state index contributed by atoms with van der Waals surface area (Å²) in [5.74, 6) is 1.19. The first-order chi connectivity index (χ1) is 12.5. The van der Waals surface area contributed by atoms with Crippen molar-refractivity contribution in [1.29, 1.82) is 0 Å². The van der Waals surface area contributed by atoms with Crippen LogP contribution < -0.4 is 0 Å². The number of hydrogen-bond donors (Lipinski definition) is 0. The van der Waals surface area contributed by atoms with Crippen LogP contribution in [0, 0.1) is 13.8 Å². The van der Waals surface area contributed by atoms with Crippen LogP contribution in [0.25, 0.3) is 11.4 Å². The Morgan fingerprint density at radius 1 is 1.27 bits per heavy atom. The fraction of sp³-hybridized carbons (Fsp3) is 0.316. The number of aromatic nitrogens is 2. The van der Waals surface area contributed by atoms with Crippen LogP contribution in [0.3, 0.4) is 0 Å². The van der Waals surface area contributed by atoms with Gasteiger partial charge < -0.3 is 13.8 Å². The fourth-order valence-corrected chi connectivity index (χ4v) is 3.24. The van der Waals surface area contributed by atoms with Gasteiger partial charge >= 0.3 is 0 Å². The van der Waals surface area contributed by atoms with Gasteiger partial charge in [-0.05, 0) is 19.9 Å². The van der Waals surface area contributed by atoms with Gasteiger partial charge in [0.15, 0.2) is 0 Å². The third-order valence-corrected chi connectivity index (χ3v) is 4.62. The molecule has 7 heteroatoms. The minimum atomic E-state index is -1.84. The second-order valence-electron chi connectivity index (χ2n) is 6.56. The molecular formula is C19H18FN3O3. The van der Waals surface area contributed by atoms with Gasteiger partial charge in [-0.25, -0.2) is 4.39 Å². The van der Waals surface area contributed by atoms with Crippen molar-refractivity contribution in [2.24, 2.45) is 0 Å². The summed E-state index contributed by atoms with van der Waals surface area (Å²) in [7, 11) is 0. The van der Waals surface area contributed by atoms with Gasteiger partial charge in [0.1, 0.15) is 11.5 Å². The molecule has 0 bridgehead atoms. The molecule has 2 aromatic heterocycles. The first-order valence-electron chi connectivity index (χ1n) is 8.41. The smallest absolute Gasteiger partial charge is 0.266 e. The summed E-state index contributed by atoms with van der Waals surface area (Å²) in [6.45, 7) is 3.66. The summed E-state index contributed by atoms with van der Waals surface area (Å²) in [5, 5.41) is 3.88. The van der Waals surface area contributed by atoms with Gasteiger partial charge in [0.2, 0.25) is 11.5 Å². The number of hydrogen-bond acceptors (Lipinski definition) is 5. The zero-order chi connectivity index (χ0) is 18.3. The zero-order valence-corrected chi connectivity index (χ0v) is 14.5. The third-order valence-electron chi connectivity index (χ3n) is 4.62. The summed E-state index contributed by atoms with van der Waals surface area (Å²) in [6, 6.07) is 10.9. The molecule has 1 fully saturated rings. The molecule has 1 aliphatic heterocycles. The number of amides is 1. The predicted octanol–water partition coefficient (Wildman–Crippen LogP) is 3.66. The molecule has 3 aromatic rings. The van der Waals surface area contributed by atoms with Crippen molar-refractivity contribution in [3.8, 4) is 11.4 Å². The Morgan fingerprint density at radius 2 is 2.04 bits per heavy atom. The van der Waals surface area contributed by atoms with E-state index in [0.717, 1.165) is 5.56 Å². The van der Waals surface area contributed by atoms with E-state index in [9.17, 15) is 4.79 Å². The van der Waals surface area contributed by atoms with Crippen molar-refractivity contribution >= 4 is 5.91 Å². The lowest BCUT2D eigenvalue weighted by Crippen LogP contribution is -2.32. The number of carbonyl (C=O) groups excluding carboxylic acids is 1. The maximum Gasteiger partial charge on any atom is 0.266 e. The number of rotatable bonds is 3. The molecule has 1 amide bonds. The Hall–Kier alpha value is -2.96. The third kappa shape index (κ3) is 2.79. The number of benzene rings is 1. The highest BCUT2D eigenvalue weighted by molar-refractivity contribution is 5.95. The maximum atomic E-state index is 15.4. The fourth-order valence-electron chi connectivity index (χ4n) is 3.24. The first-order valence-corrected chi connectivity index (χ1v) is 8.41. The molecule has 1 saturated heterocycles. The summed E-state index contributed by atoms with van der Waals surface area (Å²) in [4.78, 5) is 18.3. The lowest BCUT2D eigenvalue weighted by Gasteiger charge is -2.17. The van der Waals surface area contributed by atoms with E-state index in [1.54, 1.807) is 19.9 Å². The monoisotopic (exact) mass is 355 g/mol. The SMILES string of the molecule is Cc1cc(C(=O)N2CCC(F)(c3nc(-c4ccccc4)no3)C2)c(C)o1. The number of likely N-dealkylation sites (tertiary alicyclic amines) is 1. The van der Waals surface area contributed by atoms with Crippen LogP contribution in [0.15, 0.2) is 45.3 Å². The van der Waals surface area contributed by atoms with E-state index in [4.69, 9.17) is 8.94 Å². The van der Waals surface area contributed by atoms with Gasteiger partial charge in [-0.3, -0.25) is 4.79 Å². The normalized spacial score (nSPS) is 19.9. The van der Waals surface area contributed by atoms with Crippen LogP contribution in [-0.4, -0.2) is 34.0 Å². The summed E-state index contributed by atoms with van der Waals surface area (Å²) in [6.07, 6.45) is 0.116. The molecule has 0 saturated carbocycles. The van der Waals surface area contributed by atoms with Crippen molar-refractivity contribution in [1.82, 2.24) is 15.0 Å². The van der Waals surface area contributed by atoms with Gasteiger partial charge in [-0.1, -0.05) is 35.5 Å². The van der Waals surface area contributed by atoms with Crippen molar-refractivity contribution in [3.05, 3.63) is 59.4 Å². The maximum absolute atomic E-state index is 15.4. The molecular weight excluding hydrogens is 337 g/mol. The summed E-state index contributed by atoms with van der Waals surface area (Å²) >= 11 is 0. The Kier molecular flexibility index (Phi) is 3.86. The van der Waals surface area contributed by atoms with Gasteiger partial charge in [0.05, 0.1) is 12.1 Å². The lowest BCUT2D eigenvalue weighted by atomic mass is 10.1. The Labute approximate surface area is 149 Å². The average molecular weight is 355 g/mol. The molecule has 4 rings (SSSR count). The Balaban J connectivity index is 1.55. The number of furan rings is 1. The quantitative estimate of drug-likeness (QED) is 0.717. The van der Waals surface area contributed by atoms with Gasteiger partial charge in [-0.15, -0.1) is 0 Å². The largest absolute Gasteiger partial charge is 0.466 e. The van der Waals surface area contributed by atoms with Crippen molar-refractivity contribution in [2.45, 2.75) is 25.9 Å². The molecule has 1 aliphatic rings. The van der Waals surface area contributed by atoms with E-state index in [1.165, 1.54) is 4.90 Å². The molecule has 3 heterocycles. The molecule has 1 unspecified atom stereocenters. The zero-order valence-electron chi connectivity index (χ0n) is 14.5. The summed E-state index contributed by atoms with van der Waals surface area (Å²) in [5.41, 5.74) is -0.633. The Morgan fingerprint density at radius 3 is 2.73 bits per heavy atom. The molecule has 0 spiro atoms. The standard InChI is InChI=1S/C19H18FN3O3/c1-12-10-15(13(2)25-12)17(24)23-9-8-19(20,11-23)18-21-16(22-26-18)14-6-4-3-5-7-14/h3-7,10H,8-9,11H2,1-2H3. The van der Waals surface area contributed by atoms with Crippen LogP contribution in [0.2, 0.25) is 0 Å². The molecule has 1 aromatic carbocycles. The van der Waals surface area contributed by atoms with E-state index in [2.05, 4.69) is 10.1 Å². The van der Waals surface area contributed by atoms with E-state index in [-0.39, 0.29) is 31.3 Å². The minimum absolute atomic E-state index is 0.0910. The molecule has 134 valence electrons. The second-order valence-corrected chi connectivity index (χ2v) is 6.56. The predicted molar refractivity (Wildman–Crippen MR) is 91.2 cm³/mol. The first kappa shape index (κ1) is 16.5. The number of aryl methyl sites for hydroxylation is 2. The van der Waals surface area contributed by atoms with Crippen molar-refractivity contribution < 1.29 is 18.1 Å². The van der Waals surface area contributed by atoms with Gasteiger partial charge in [0, 0.05) is 18.5 Å². The topological polar surface area (TPSA) is 72.4 Å². The van der Waals surface area contributed by atoms with E-state index < -0.39 is 5.67 Å². The number of alkyl halides is 1. The summed E-state index contributed by atoms with van der Waals surface area (Å²) < 4.78 is 26.0. The van der Waals surface area contributed by atoms with Gasteiger partial charge in [0.25, 0.3) is 11.8 Å². The highest BCUT2D eigenvalue weighted by Gasteiger charge is 2.47. The van der Waals surface area contributed by atoms with Crippen molar-refractivity contribution in [2.75, 3.05) is 13.1 Å². The molecule has 0 aliphatic carbocycles. The van der Waals surface area contributed by atoms with E-state index in [0.29, 0.717) is 22.9 Å². The van der Waals surface area contributed by atoms with Crippen molar-refractivity contribution in [3.63, 3.8) is 0 Å². The van der Waals surface area contributed by atoms with Gasteiger partial charge in [-0.2, -0.15) is 4.98 Å². The second kappa shape index (κ2) is 6.09. The number of carbonyl (C=O) groups is 1. The average Bonchev–Trinajstić information content (AvgIpc) is 3.34. The van der Waals surface area contributed by atoms with Crippen LogP contribution in [0.4, 0.5) is 4.39 Å². The highest BCUT2D eigenvalue weighted by atomic mass is 19.1. The lowest BCUT2D eigenvalue weighted by molar-refractivity contribution is 0.0715.